The minimum absolute atomic E-state index is 0.222. The van der Waals surface area contributed by atoms with E-state index in [9.17, 15) is 0 Å². The number of anilines is 1. The lowest BCUT2D eigenvalue weighted by Crippen LogP contribution is -2.07. The first-order valence-corrected chi connectivity index (χ1v) is 7.38. The third-order valence-electron chi connectivity index (χ3n) is 3.23. The maximum Gasteiger partial charge on any atom is 0.205 e. The van der Waals surface area contributed by atoms with Crippen molar-refractivity contribution in [3.8, 4) is 11.5 Å². The Balaban J connectivity index is 1.83. The van der Waals surface area contributed by atoms with E-state index in [-0.39, 0.29) is 6.10 Å². The van der Waals surface area contributed by atoms with Crippen molar-refractivity contribution >= 4 is 16.5 Å². The van der Waals surface area contributed by atoms with Crippen LogP contribution >= 0.6 is 11.3 Å². The summed E-state index contributed by atoms with van der Waals surface area (Å²) < 4.78 is 11.3. The van der Waals surface area contributed by atoms with Gasteiger partial charge in [-0.05, 0) is 26.0 Å². The van der Waals surface area contributed by atoms with Crippen LogP contribution in [0.5, 0.6) is 11.5 Å². The van der Waals surface area contributed by atoms with Gasteiger partial charge in [-0.15, -0.1) is 10.2 Å². The number of nitrogens with zero attached hydrogens (tertiary/aromatic N) is 2. The summed E-state index contributed by atoms with van der Waals surface area (Å²) in [7, 11) is 1.69. The molecule has 1 aliphatic rings. The van der Waals surface area contributed by atoms with Crippen molar-refractivity contribution in [3.63, 3.8) is 0 Å². The Morgan fingerprint density at radius 1 is 1.45 bits per heavy atom. The van der Waals surface area contributed by atoms with E-state index in [1.807, 2.05) is 13.0 Å². The van der Waals surface area contributed by atoms with Crippen LogP contribution in [-0.2, 0) is 13.0 Å². The van der Waals surface area contributed by atoms with E-state index in [1.54, 1.807) is 18.4 Å². The molecule has 3 rings (SSSR count). The zero-order valence-electron chi connectivity index (χ0n) is 11.8. The molecule has 1 aliphatic heterocycles. The molecule has 20 heavy (non-hydrogen) atoms. The van der Waals surface area contributed by atoms with Crippen LogP contribution in [0.2, 0.25) is 0 Å². The van der Waals surface area contributed by atoms with Crippen LogP contribution in [0.15, 0.2) is 12.1 Å². The average molecular weight is 291 g/mol. The average Bonchev–Trinajstić information content (AvgIpc) is 3.00. The number of benzene rings is 1. The van der Waals surface area contributed by atoms with Gasteiger partial charge in [0.25, 0.3) is 0 Å². The van der Waals surface area contributed by atoms with Gasteiger partial charge in [-0.3, -0.25) is 0 Å². The number of aromatic nitrogens is 2. The quantitative estimate of drug-likeness (QED) is 0.938. The number of rotatable bonds is 4. The molecule has 1 atom stereocenters. The van der Waals surface area contributed by atoms with Gasteiger partial charge in [0.1, 0.15) is 22.6 Å². The molecular formula is C14H17N3O2S. The fourth-order valence-electron chi connectivity index (χ4n) is 2.37. The molecule has 2 aromatic rings. The van der Waals surface area contributed by atoms with Crippen molar-refractivity contribution in [3.05, 3.63) is 28.3 Å². The van der Waals surface area contributed by atoms with Crippen LogP contribution in [0.3, 0.4) is 0 Å². The van der Waals surface area contributed by atoms with E-state index in [1.165, 1.54) is 5.56 Å². The number of fused-ring (bicyclic) bond motifs is 1. The summed E-state index contributed by atoms with van der Waals surface area (Å²) in [5.74, 6) is 1.85. The third-order valence-corrected chi connectivity index (χ3v) is 4.03. The molecule has 5 nitrogen and oxygen atoms in total. The fourth-order valence-corrected chi connectivity index (χ4v) is 2.95. The summed E-state index contributed by atoms with van der Waals surface area (Å²) in [6.07, 6.45) is 1.15. The molecule has 0 amide bonds. The number of hydrogen-bond donors (Lipinski definition) is 1. The first kappa shape index (κ1) is 13.2. The van der Waals surface area contributed by atoms with Crippen molar-refractivity contribution in [1.29, 1.82) is 0 Å². The highest BCUT2D eigenvalue weighted by atomic mass is 32.1. The molecule has 1 N–H and O–H groups in total. The van der Waals surface area contributed by atoms with Crippen LogP contribution in [0.1, 0.15) is 23.1 Å². The maximum absolute atomic E-state index is 5.90. The van der Waals surface area contributed by atoms with Crippen LogP contribution in [0.25, 0.3) is 0 Å². The Hall–Kier alpha value is -1.82. The van der Waals surface area contributed by atoms with E-state index < -0.39 is 0 Å². The summed E-state index contributed by atoms with van der Waals surface area (Å²) in [6.45, 7) is 4.68. The maximum atomic E-state index is 5.90. The molecule has 0 bridgehead atoms. The predicted molar refractivity (Wildman–Crippen MR) is 78.8 cm³/mol. The summed E-state index contributed by atoms with van der Waals surface area (Å²) in [6, 6.07) is 4.06. The minimum atomic E-state index is 0.222. The molecule has 0 saturated carbocycles. The SMILES string of the molecule is COc1cc(CNc2nnc(C)s2)c2c(c1)C[C@@H](C)O2. The van der Waals surface area contributed by atoms with Crippen molar-refractivity contribution in [2.24, 2.45) is 0 Å². The van der Waals surface area contributed by atoms with Gasteiger partial charge in [-0.2, -0.15) is 0 Å². The molecule has 106 valence electrons. The van der Waals surface area contributed by atoms with E-state index in [0.717, 1.165) is 33.6 Å². The van der Waals surface area contributed by atoms with Gasteiger partial charge in [0.05, 0.1) is 7.11 Å². The molecule has 1 aromatic carbocycles. The van der Waals surface area contributed by atoms with Gasteiger partial charge in [-0.1, -0.05) is 11.3 Å². The summed E-state index contributed by atoms with van der Waals surface area (Å²) in [5.41, 5.74) is 2.30. The monoisotopic (exact) mass is 291 g/mol. The van der Waals surface area contributed by atoms with Gasteiger partial charge < -0.3 is 14.8 Å². The first-order chi connectivity index (χ1) is 9.65. The van der Waals surface area contributed by atoms with E-state index in [0.29, 0.717) is 6.54 Å². The second-order valence-electron chi connectivity index (χ2n) is 4.89. The van der Waals surface area contributed by atoms with Crippen LogP contribution in [0.4, 0.5) is 5.13 Å². The van der Waals surface area contributed by atoms with Crippen molar-refractivity contribution in [1.82, 2.24) is 10.2 Å². The van der Waals surface area contributed by atoms with Gasteiger partial charge in [0.2, 0.25) is 5.13 Å². The lowest BCUT2D eigenvalue weighted by molar-refractivity contribution is 0.252. The van der Waals surface area contributed by atoms with Crippen molar-refractivity contribution in [2.45, 2.75) is 32.9 Å². The van der Waals surface area contributed by atoms with E-state index >= 15 is 0 Å². The molecule has 0 spiro atoms. The molecule has 0 unspecified atom stereocenters. The number of ether oxygens (including phenoxy) is 2. The topological polar surface area (TPSA) is 56.3 Å². The molecule has 0 radical (unpaired) electrons. The Morgan fingerprint density at radius 3 is 3.00 bits per heavy atom. The van der Waals surface area contributed by atoms with Gasteiger partial charge in [0, 0.05) is 24.1 Å². The summed E-state index contributed by atoms with van der Waals surface area (Å²) in [5, 5.41) is 13.1. The first-order valence-electron chi connectivity index (χ1n) is 6.56. The molecular weight excluding hydrogens is 274 g/mol. The van der Waals surface area contributed by atoms with E-state index in [2.05, 4.69) is 28.5 Å². The lowest BCUT2D eigenvalue weighted by Gasteiger charge is -2.11. The predicted octanol–water partition coefficient (Wildman–Crippen LogP) is 2.79. The second kappa shape index (κ2) is 5.28. The number of methoxy groups -OCH3 is 1. The Labute approximate surface area is 121 Å². The molecule has 0 saturated heterocycles. The summed E-state index contributed by atoms with van der Waals surface area (Å²) in [4.78, 5) is 0. The smallest absolute Gasteiger partial charge is 0.205 e. The summed E-state index contributed by atoms with van der Waals surface area (Å²) >= 11 is 1.55. The highest BCUT2D eigenvalue weighted by molar-refractivity contribution is 7.15. The standard InChI is InChI=1S/C14H17N3O2S/c1-8-4-10-5-12(18-3)6-11(13(10)19-8)7-15-14-17-16-9(2)20-14/h5-6,8H,4,7H2,1-3H3,(H,15,17)/t8-/m1/s1. The lowest BCUT2D eigenvalue weighted by atomic mass is 10.1. The number of aryl methyl sites for hydroxylation is 1. The highest BCUT2D eigenvalue weighted by Crippen LogP contribution is 2.36. The highest BCUT2D eigenvalue weighted by Gasteiger charge is 2.23. The van der Waals surface area contributed by atoms with Gasteiger partial charge in [-0.25, -0.2) is 0 Å². The Morgan fingerprint density at radius 2 is 2.30 bits per heavy atom. The normalized spacial score (nSPS) is 16.6. The number of nitrogens with one attached hydrogen (secondary N) is 1. The Bertz CT molecular complexity index is 627. The Kier molecular flexibility index (Phi) is 3.48. The fraction of sp³-hybridized carbons (Fsp3) is 0.429. The molecule has 0 aliphatic carbocycles. The van der Waals surface area contributed by atoms with Crippen LogP contribution in [0, 0.1) is 6.92 Å². The van der Waals surface area contributed by atoms with E-state index in [4.69, 9.17) is 9.47 Å². The zero-order valence-corrected chi connectivity index (χ0v) is 12.6. The largest absolute Gasteiger partial charge is 0.497 e. The van der Waals surface area contributed by atoms with Crippen LogP contribution in [-0.4, -0.2) is 23.4 Å². The molecule has 6 heteroatoms. The molecule has 2 heterocycles. The molecule has 1 aromatic heterocycles. The van der Waals surface area contributed by atoms with Crippen molar-refractivity contribution in [2.75, 3.05) is 12.4 Å². The second-order valence-corrected chi connectivity index (χ2v) is 6.07. The van der Waals surface area contributed by atoms with Crippen molar-refractivity contribution < 1.29 is 9.47 Å². The van der Waals surface area contributed by atoms with Gasteiger partial charge >= 0.3 is 0 Å². The number of hydrogen-bond acceptors (Lipinski definition) is 6. The molecule has 0 fully saturated rings. The minimum Gasteiger partial charge on any atom is -0.497 e. The van der Waals surface area contributed by atoms with Crippen LogP contribution < -0.4 is 14.8 Å². The van der Waals surface area contributed by atoms with Gasteiger partial charge in [0.15, 0.2) is 0 Å². The zero-order chi connectivity index (χ0) is 14.1. The third kappa shape index (κ3) is 2.56.